The van der Waals surface area contributed by atoms with Crippen molar-refractivity contribution in [2.45, 2.75) is 20.0 Å². The van der Waals surface area contributed by atoms with E-state index in [-0.39, 0.29) is 0 Å². The Morgan fingerprint density at radius 3 is 2.16 bits per heavy atom. The lowest BCUT2D eigenvalue weighted by Crippen LogP contribution is -2.44. The highest BCUT2D eigenvalue weighted by Gasteiger charge is 2.20. The number of benzene rings is 2. The summed E-state index contributed by atoms with van der Waals surface area (Å²) in [7, 11) is 0. The zero-order valence-electron chi connectivity index (χ0n) is 14.1. The molecule has 1 unspecified atom stereocenters. The number of carbonyl (C=O) groups excluding carboxylic acids is 3. The molecule has 2 aromatic rings. The number of carbonyl (C=O) groups is 3. The van der Waals surface area contributed by atoms with Gasteiger partial charge in [0.25, 0.3) is 5.91 Å². The second kappa shape index (κ2) is 8.63. The third-order valence-electron chi connectivity index (χ3n) is 3.45. The Kier molecular flexibility index (Phi) is 6.28. The van der Waals surface area contributed by atoms with Crippen LogP contribution < -0.4 is 10.6 Å². The van der Waals surface area contributed by atoms with Crippen molar-refractivity contribution >= 4 is 17.9 Å². The monoisotopic (exact) mass is 340 g/mol. The maximum absolute atomic E-state index is 12.1. The molecule has 0 aliphatic rings. The van der Waals surface area contributed by atoms with Crippen molar-refractivity contribution in [2.75, 3.05) is 6.54 Å². The summed E-state index contributed by atoms with van der Waals surface area (Å²) < 4.78 is 5.09. The van der Waals surface area contributed by atoms with Gasteiger partial charge in [0, 0.05) is 6.54 Å². The number of rotatable bonds is 5. The van der Waals surface area contributed by atoms with Crippen LogP contribution in [0, 0.1) is 0 Å². The standard InChI is InChI=1S/C19H20N2O4/c1-3-20-19(24)21-17(22)13(2)25-18(23)16-11-9-15(10-12-16)14-7-5-4-6-8-14/h4-13H,3H2,1-2H3,(H2,20,21,22,24). The molecule has 2 N–H and O–H groups in total. The van der Waals surface area contributed by atoms with Crippen LogP contribution in [0.2, 0.25) is 0 Å². The van der Waals surface area contributed by atoms with E-state index in [1.807, 2.05) is 42.5 Å². The first-order valence-corrected chi connectivity index (χ1v) is 7.96. The van der Waals surface area contributed by atoms with Gasteiger partial charge in [-0.15, -0.1) is 0 Å². The first kappa shape index (κ1) is 18.2. The van der Waals surface area contributed by atoms with Gasteiger partial charge in [0.2, 0.25) is 0 Å². The van der Waals surface area contributed by atoms with Gasteiger partial charge >= 0.3 is 12.0 Å². The van der Waals surface area contributed by atoms with Crippen molar-refractivity contribution in [1.29, 1.82) is 0 Å². The van der Waals surface area contributed by atoms with E-state index in [1.54, 1.807) is 19.1 Å². The summed E-state index contributed by atoms with van der Waals surface area (Å²) in [5.41, 5.74) is 2.34. The predicted octanol–water partition coefficient (Wildman–Crippen LogP) is 2.74. The predicted molar refractivity (Wildman–Crippen MR) is 94.0 cm³/mol. The third kappa shape index (κ3) is 5.17. The number of ether oxygens (including phenoxy) is 1. The van der Waals surface area contributed by atoms with Crippen molar-refractivity contribution in [3.8, 4) is 11.1 Å². The first-order valence-electron chi connectivity index (χ1n) is 7.96. The lowest BCUT2D eigenvalue weighted by atomic mass is 10.0. The van der Waals surface area contributed by atoms with Crippen LogP contribution in [0.1, 0.15) is 24.2 Å². The summed E-state index contributed by atoms with van der Waals surface area (Å²) in [4.78, 5) is 35.2. The minimum atomic E-state index is -1.08. The minimum absolute atomic E-state index is 0.331. The van der Waals surface area contributed by atoms with Crippen molar-refractivity contribution in [3.05, 3.63) is 60.2 Å². The van der Waals surface area contributed by atoms with E-state index in [0.29, 0.717) is 12.1 Å². The fraction of sp³-hybridized carbons (Fsp3) is 0.211. The maximum atomic E-state index is 12.1. The molecule has 0 bridgehead atoms. The molecule has 0 aliphatic carbocycles. The Labute approximate surface area is 146 Å². The van der Waals surface area contributed by atoms with Crippen LogP contribution in [0.5, 0.6) is 0 Å². The highest BCUT2D eigenvalue weighted by molar-refractivity contribution is 5.98. The van der Waals surface area contributed by atoms with Gasteiger partial charge in [-0.05, 0) is 37.1 Å². The topological polar surface area (TPSA) is 84.5 Å². The SMILES string of the molecule is CCNC(=O)NC(=O)C(C)OC(=O)c1ccc(-c2ccccc2)cc1. The summed E-state index contributed by atoms with van der Waals surface area (Å²) in [6, 6.07) is 16.0. The van der Waals surface area contributed by atoms with Crippen molar-refractivity contribution in [3.63, 3.8) is 0 Å². The summed E-state index contributed by atoms with van der Waals surface area (Å²) >= 11 is 0. The van der Waals surface area contributed by atoms with Gasteiger partial charge in [-0.3, -0.25) is 10.1 Å². The zero-order chi connectivity index (χ0) is 18.2. The normalized spacial score (nSPS) is 11.3. The lowest BCUT2D eigenvalue weighted by molar-refractivity contribution is -0.127. The van der Waals surface area contributed by atoms with E-state index in [4.69, 9.17) is 4.74 Å². The highest BCUT2D eigenvalue weighted by Crippen LogP contribution is 2.19. The van der Waals surface area contributed by atoms with Gasteiger partial charge in [-0.25, -0.2) is 9.59 Å². The molecule has 25 heavy (non-hydrogen) atoms. The third-order valence-corrected chi connectivity index (χ3v) is 3.45. The maximum Gasteiger partial charge on any atom is 0.338 e. The number of hydrogen-bond acceptors (Lipinski definition) is 4. The van der Waals surface area contributed by atoms with E-state index < -0.39 is 24.0 Å². The fourth-order valence-corrected chi connectivity index (χ4v) is 2.13. The van der Waals surface area contributed by atoms with Gasteiger partial charge in [0.15, 0.2) is 6.10 Å². The van der Waals surface area contributed by atoms with Gasteiger partial charge < -0.3 is 10.1 Å². The number of hydrogen-bond donors (Lipinski definition) is 2. The lowest BCUT2D eigenvalue weighted by Gasteiger charge is -2.13. The van der Waals surface area contributed by atoms with Gasteiger partial charge in [0.1, 0.15) is 0 Å². The Balaban J connectivity index is 1.96. The van der Waals surface area contributed by atoms with Crippen LogP contribution in [0.3, 0.4) is 0 Å². The van der Waals surface area contributed by atoms with Crippen LogP contribution in [0.25, 0.3) is 11.1 Å². The van der Waals surface area contributed by atoms with Crippen molar-refractivity contribution in [1.82, 2.24) is 10.6 Å². The van der Waals surface area contributed by atoms with Crippen molar-refractivity contribution in [2.24, 2.45) is 0 Å². The average Bonchev–Trinajstić information content (AvgIpc) is 2.62. The molecule has 2 rings (SSSR count). The molecule has 0 spiro atoms. The molecule has 0 saturated carbocycles. The number of amides is 3. The second-order valence-corrected chi connectivity index (χ2v) is 5.34. The largest absolute Gasteiger partial charge is 0.449 e. The fourth-order valence-electron chi connectivity index (χ4n) is 2.13. The molecular formula is C19H20N2O4. The Morgan fingerprint density at radius 2 is 1.56 bits per heavy atom. The second-order valence-electron chi connectivity index (χ2n) is 5.34. The molecule has 2 aromatic carbocycles. The molecule has 0 fully saturated rings. The Morgan fingerprint density at radius 1 is 0.960 bits per heavy atom. The summed E-state index contributed by atoms with van der Waals surface area (Å²) in [6.07, 6.45) is -1.08. The highest BCUT2D eigenvalue weighted by atomic mass is 16.5. The number of nitrogens with one attached hydrogen (secondary N) is 2. The number of imide groups is 1. The van der Waals surface area contributed by atoms with Crippen LogP contribution >= 0.6 is 0 Å². The summed E-state index contributed by atoms with van der Waals surface area (Å²) in [5, 5.41) is 4.53. The summed E-state index contributed by atoms with van der Waals surface area (Å²) in [5.74, 6) is -1.31. The van der Waals surface area contributed by atoms with Crippen LogP contribution in [0.4, 0.5) is 4.79 Å². The molecule has 0 aliphatic heterocycles. The van der Waals surface area contributed by atoms with Gasteiger partial charge in [0.05, 0.1) is 5.56 Å². The van der Waals surface area contributed by atoms with E-state index in [2.05, 4.69) is 10.6 Å². The molecule has 0 saturated heterocycles. The molecule has 1 atom stereocenters. The van der Waals surface area contributed by atoms with Crippen LogP contribution in [0.15, 0.2) is 54.6 Å². The molecule has 0 heterocycles. The quantitative estimate of drug-likeness (QED) is 0.820. The van der Waals surface area contributed by atoms with Gasteiger partial charge in [-0.1, -0.05) is 42.5 Å². The van der Waals surface area contributed by atoms with Crippen LogP contribution in [-0.4, -0.2) is 30.6 Å². The Bertz CT molecular complexity index is 742. The van der Waals surface area contributed by atoms with Crippen LogP contribution in [-0.2, 0) is 9.53 Å². The van der Waals surface area contributed by atoms with E-state index in [1.165, 1.54) is 6.92 Å². The molecule has 3 amide bonds. The molecule has 0 aromatic heterocycles. The average molecular weight is 340 g/mol. The van der Waals surface area contributed by atoms with Crippen molar-refractivity contribution < 1.29 is 19.1 Å². The number of urea groups is 1. The molecule has 130 valence electrons. The zero-order valence-corrected chi connectivity index (χ0v) is 14.1. The molecule has 6 heteroatoms. The molecular weight excluding hydrogens is 320 g/mol. The van der Waals surface area contributed by atoms with E-state index in [9.17, 15) is 14.4 Å². The minimum Gasteiger partial charge on any atom is -0.449 e. The smallest absolute Gasteiger partial charge is 0.338 e. The number of esters is 1. The summed E-state index contributed by atoms with van der Waals surface area (Å²) in [6.45, 7) is 3.53. The first-order chi connectivity index (χ1) is 12.0. The Hall–Kier alpha value is -3.15. The van der Waals surface area contributed by atoms with E-state index in [0.717, 1.165) is 11.1 Å². The van der Waals surface area contributed by atoms with Gasteiger partial charge in [-0.2, -0.15) is 0 Å². The molecule has 6 nitrogen and oxygen atoms in total. The van der Waals surface area contributed by atoms with E-state index >= 15 is 0 Å². The molecule has 0 radical (unpaired) electrons.